The van der Waals surface area contributed by atoms with Crippen LogP contribution in [0.25, 0.3) is 0 Å². The molecule has 0 spiro atoms. The summed E-state index contributed by atoms with van der Waals surface area (Å²) in [6, 6.07) is 6.19. The summed E-state index contributed by atoms with van der Waals surface area (Å²) >= 11 is 0. The number of hydrogen-bond acceptors (Lipinski definition) is 6. The van der Waals surface area contributed by atoms with Crippen molar-refractivity contribution in [3.05, 3.63) is 54.0 Å². The average molecular weight is 453 g/mol. The highest BCUT2D eigenvalue weighted by molar-refractivity contribution is 5.87. The Morgan fingerprint density at radius 2 is 1.97 bits per heavy atom. The predicted molar refractivity (Wildman–Crippen MR) is 129 cm³/mol. The Labute approximate surface area is 195 Å². The second-order valence-electron chi connectivity index (χ2n) is 9.92. The van der Waals surface area contributed by atoms with Crippen LogP contribution in [0.1, 0.15) is 51.7 Å². The number of carbonyl (C=O) groups excluding carboxylic acids is 1. The molecule has 1 fully saturated rings. The van der Waals surface area contributed by atoms with E-state index in [2.05, 4.69) is 79.0 Å². The van der Waals surface area contributed by atoms with E-state index in [1.807, 2.05) is 6.07 Å². The van der Waals surface area contributed by atoms with Gasteiger partial charge in [0.25, 0.3) is 0 Å². The number of nitrogens with one attached hydrogen (secondary N) is 2. The molecule has 0 saturated carbocycles. The third kappa shape index (κ3) is 4.19. The molecule has 1 aromatic heterocycles. The summed E-state index contributed by atoms with van der Waals surface area (Å²) in [5.74, 6) is -0.184. The minimum Gasteiger partial charge on any atom is -0.363 e. The number of nitrogens with zero attached hydrogens (tertiary/aromatic N) is 4. The number of hydrogen-bond donors (Lipinski definition) is 2. The van der Waals surface area contributed by atoms with Crippen LogP contribution >= 0.6 is 0 Å². The van der Waals surface area contributed by atoms with Crippen molar-refractivity contribution in [2.75, 3.05) is 30.8 Å². The minimum atomic E-state index is -0.522. The maximum Gasteiger partial charge on any atom is 0.246 e. The molecular weight excluding hydrogens is 419 g/mol. The molecule has 2 aliphatic rings. The van der Waals surface area contributed by atoms with E-state index >= 15 is 0 Å². The van der Waals surface area contributed by atoms with Gasteiger partial charge < -0.3 is 15.5 Å². The van der Waals surface area contributed by atoms with Gasteiger partial charge in [-0.1, -0.05) is 12.6 Å². The Balaban J connectivity index is 1.53. The Morgan fingerprint density at radius 1 is 1.24 bits per heavy atom. The lowest BCUT2D eigenvalue weighted by Crippen LogP contribution is -2.44. The van der Waals surface area contributed by atoms with Crippen LogP contribution in [0, 0.1) is 5.82 Å². The summed E-state index contributed by atoms with van der Waals surface area (Å²) in [6.45, 7) is 13.6. The summed E-state index contributed by atoms with van der Waals surface area (Å²) in [6.07, 6.45) is 4.15. The van der Waals surface area contributed by atoms with Gasteiger partial charge in [-0.2, -0.15) is 4.98 Å². The first-order valence-electron chi connectivity index (χ1n) is 11.4. The highest BCUT2D eigenvalue weighted by Crippen LogP contribution is 2.48. The van der Waals surface area contributed by atoms with Crippen LogP contribution in [-0.4, -0.2) is 51.9 Å². The van der Waals surface area contributed by atoms with Crippen LogP contribution < -0.4 is 10.6 Å². The monoisotopic (exact) mass is 452 g/mol. The highest BCUT2D eigenvalue weighted by atomic mass is 19.1. The highest BCUT2D eigenvalue weighted by Gasteiger charge is 2.46. The molecule has 3 heterocycles. The number of likely N-dealkylation sites (tertiary alicyclic amines) is 1. The van der Waals surface area contributed by atoms with Gasteiger partial charge >= 0.3 is 0 Å². The molecule has 1 atom stereocenters. The van der Waals surface area contributed by atoms with E-state index in [0.29, 0.717) is 19.0 Å². The van der Waals surface area contributed by atoms with Gasteiger partial charge in [-0.3, -0.25) is 9.69 Å². The van der Waals surface area contributed by atoms with Crippen molar-refractivity contribution in [1.29, 1.82) is 0 Å². The van der Waals surface area contributed by atoms with Crippen molar-refractivity contribution < 1.29 is 9.18 Å². The molecule has 33 heavy (non-hydrogen) atoms. The maximum absolute atomic E-state index is 14.5. The van der Waals surface area contributed by atoms with Crippen molar-refractivity contribution in [3.63, 3.8) is 0 Å². The smallest absolute Gasteiger partial charge is 0.246 e. The first-order chi connectivity index (χ1) is 15.5. The molecule has 1 saturated heterocycles. The quantitative estimate of drug-likeness (QED) is 0.657. The number of aromatic nitrogens is 2. The Hall–Kier alpha value is -3.00. The molecular formula is C25H33FN6O. The first-order valence-corrected chi connectivity index (χ1v) is 11.4. The first kappa shape index (κ1) is 23.2. The standard InChI is InChI=1S/C25H33FN6O/c1-7-21(33)32-12-8-9-17(15-32)28-22-20(26)14-27-23(30-22)29-16-10-11-18-19(13-16)25(4,5)31(6)24(18,2)3/h7,10-11,13-14,17H,1,8-9,12,15H2,2-6H3,(H2,27,28,29,30)/t17-/m1/s1. The van der Waals surface area contributed by atoms with Gasteiger partial charge in [0.15, 0.2) is 11.6 Å². The fourth-order valence-electron chi connectivity index (χ4n) is 5.00. The second kappa shape index (κ2) is 8.41. The zero-order valence-electron chi connectivity index (χ0n) is 20.1. The molecule has 176 valence electrons. The van der Waals surface area contributed by atoms with Gasteiger partial charge in [0.1, 0.15) is 0 Å². The van der Waals surface area contributed by atoms with Crippen LogP contribution in [0.15, 0.2) is 37.1 Å². The topological polar surface area (TPSA) is 73.4 Å². The molecule has 2 aliphatic heterocycles. The van der Waals surface area contributed by atoms with Crippen LogP contribution in [0.3, 0.4) is 0 Å². The van der Waals surface area contributed by atoms with Gasteiger partial charge in [0.05, 0.1) is 6.20 Å². The second-order valence-corrected chi connectivity index (χ2v) is 9.92. The molecule has 1 amide bonds. The van der Waals surface area contributed by atoms with Crippen LogP contribution in [0.2, 0.25) is 0 Å². The molecule has 7 nitrogen and oxygen atoms in total. The van der Waals surface area contributed by atoms with Gasteiger partial charge in [-0.25, -0.2) is 9.37 Å². The number of rotatable bonds is 5. The van der Waals surface area contributed by atoms with Gasteiger partial charge in [0.2, 0.25) is 11.9 Å². The Bertz CT molecular complexity index is 1080. The molecule has 0 bridgehead atoms. The van der Waals surface area contributed by atoms with Gasteiger partial charge in [0, 0.05) is 35.9 Å². The number of fused-ring (bicyclic) bond motifs is 1. The lowest BCUT2D eigenvalue weighted by Gasteiger charge is -2.37. The third-order valence-electron chi connectivity index (χ3n) is 7.26. The zero-order valence-corrected chi connectivity index (χ0v) is 20.1. The molecule has 0 aliphatic carbocycles. The fraction of sp³-hybridized carbons (Fsp3) is 0.480. The van der Waals surface area contributed by atoms with Crippen LogP contribution in [0.5, 0.6) is 0 Å². The third-order valence-corrected chi connectivity index (χ3v) is 7.26. The summed E-state index contributed by atoms with van der Waals surface area (Å²) in [7, 11) is 2.14. The van der Waals surface area contributed by atoms with E-state index in [0.717, 1.165) is 18.5 Å². The Kier molecular flexibility index (Phi) is 5.90. The Morgan fingerprint density at radius 3 is 2.70 bits per heavy atom. The minimum absolute atomic E-state index is 0.0678. The number of carbonyl (C=O) groups is 1. The van der Waals surface area contributed by atoms with Crippen LogP contribution in [0.4, 0.5) is 21.8 Å². The van der Waals surface area contributed by atoms with E-state index in [-0.39, 0.29) is 28.8 Å². The van der Waals surface area contributed by atoms with E-state index in [1.165, 1.54) is 23.4 Å². The summed E-state index contributed by atoms with van der Waals surface area (Å²) in [4.78, 5) is 24.5. The lowest BCUT2D eigenvalue weighted by atomic mass is 9.90. The number of benzene rings is 1. The van der Waals surface area contributed by atoms with Gasteiger partial charge in [-0.15, -0.1) is 0 Å². The molecule has 8 heteroatoms. The molecule has 0 radical (unpaired) electrons. The largest absolute Gasteiger partial charge is 0.363 e. The van der Waals surface area contributed by atoms with Crippen molar-refractivity contribution in [2.24, 2.45) is 0 Å². The van der Waals surface area contributed by atoms with Crippen molar-refractivity contribution in [1.82, 2.24) is 19.8 Å². The lowest BCUT2D eigenvalue weighted by molar-refractivity contribution is -0.127. The number of piperidine rings is 1. The van der Waals surface area contributed by atoms with E-state index < -0.39 is 5.82 Å². The predicted octanol–water partition coefficient (Wildman–Crippen LogP) is 4.36. The summed E-state index contributed by atoms with van der Waals surface area (Å²) < 4.78 is 14.5. The van der Waals surface area contributed by atoms with E-state index in [4.69, 9.17) is 0 Å². The molecule has 1 aromatic carbocycles. The van der Waals surface area contributed by atoms with Gasteiger partial charge in [-0.05, 0) is 76.9 Å². The summed E-state index contributed by atoms with van der Waals surface area (Å²) in [5, 5.41) is 6.38. The maximum atomic E-state index is 14.5. The average Bonchev–Trinajstić information content (AvgIpc) is 2.92. The van der Waals surface area contributed by atoms with E-state index in [9.17, 15) is 9.18 Å². The zero-order chi connectivity index (χ0) is 24.0. The number of amides is 1. The van der Waals surface area contributed by atoms with Crippen molar-refractivity contribution in [3.8, 4) is 0 Å². The summed E-state index contributed by atoms with van der Waals surface area (Å²) in [5.41, 5.74) is 3.20. The molecule has 4 rings (SSSR count). The van der Waals surface area contributed by atoms with Crippen LogP contribution in [-0.2, 0) is 15.9 Å². The normalized spacial score (nSPS) is 21.4. The fourth-order valence-corrected chi connectivity index (χ4v) is 5.00. The number of halogens is 1. The van der Waals surface area contributed by atoms with Crippen molar-refractivity contribution >= 4 is 23.4 Å². The number of anilines is 3. The molecule has 2 aromatic rings. The molecule has 2 N–H and O–H groups in total. The SMILES string of the molecule is C=CC(=O)N1CCC[C@@H](Nc2nc(Nc3ccc4c(c3)C(C)(C)N(C)C4(C)C)ncc2F)C1. The van der Waals surface area contributed by atoms with Crippen molar-refractivity contribution in [2.45, 2.75) is 57.7 Å². The molecule has 0 unspecified atom stereocenters. The van der Waals surface area contributed by atoms with E-state index in [1.54, 1.807) is 4.90 Å².